The Morgan fingerprint density at radius 2 is 1.90 bits per heavy atom. The van der Waals surface area contributed by atoms with Crippen LogP contribution in [0.3, 0.4) is 0 Å². The summed E-state index contributed by atoms with van der Waals surface area (Å²) < 4.78 is 15.1. The summed E-state index contributed by atoms with van der Waals surface area (Å²) in [6, 6.07) is 4.94. The summed E-state index contributed by atoms with van der Waals surface area (Å²) in [5.74, 6) is -1.91. The lowest BCUT2D eigenvalue weighted by molar-refractivity contribution is 0.0527. The predicted octanol–water partition coefficient (Wildman–Crippen LogP) is 3.33. The van der Waals surface area contributed by atoms with Crippen LogP contribution in [0.25, 0.3) is 11.5 Å². The van der Waals surface area contributed by atoms with Crippen LogP contribution in [0.4, 0.5) is 0 Å². The number of hydrogen-bond donors (Lipinski definition) is 0. The minimum atomic E-state index is -0.827. The summed E-state index contributed by atoms with van der Waals surface area (Å²) in [4.78, 5) is 27.3. The van der Waals surface area contributed by atoms with E-state index in [4.69, 9.17) is 16.0 Å². The Morgan fingerprint density at radius 1 is 1.24 bits per heavy atom. The van der Waals surface area contributed by atoms with E-state index in [0.29, 0.717) is 15.1 Å². The van der Waals surface area contributed by atoms with Crippen molar-refractivity contribution in [2.24, 2.45) is 0 Å². The number of oxazole rings is 1. The van der Waals surface area contributed by atoms with Gasteiger partial charge in [0, 0.05) is 9.50 Å². The first-order valence-corrected chi connectivity index (χ1v) is 6.78. The van der Waals surface area contributed by atoms with Gasteiger partial charge < -0.3 is 13.9 Å². The third-order valence-electron chi connectivity index (χ3n) is 2.54. The van der Waals surface area contributed by atoms with E-state index < -0.39 is 11.9 Å². The van der Waals surface area contributed by atoms with Gasteiger partial charge in [0.15, 0.2) is 0 Å². The highest BCUT2D eigenvalue weighted by molar-refractivity contribution is 9.10. The molecule has 8 heteroatoms. The first-order chi connectivity index (χ1) is 9.97. The number of nitrogens with zero attached hydrogens (tertiary/aromatic N) is 1. The van der Waals surface area contributed by atoms with Crippen molar-refractivity contribution < 1.29 is 23.5 Å². The molecule has 1 aromatic heterocycles. The maximum Gasteiger partial charge on any atom is 0.376 e. The average molecular weight is 375 g/mol. The fourth-order valence-corrected chi connectivity index (χ4v) is 2.15. The van der Waals surface area contributed by atoms with E-state index in [1.807, 2.05) is 0 Å². The molecule has 6 nitrogen and oxygen atoms in total. The molecule has 0 N–H and O–H groups in total. The number of carbonyl (C=O) groups excluding carboxylic acids is 2. The first kappa shape index (κ1) is 15.5. The second-order valence-corrected chi connectivity index (χ2v) is 5.09. The zero-order valence-electron chi connectivity index (χ0n) is 11.0. The summed E-state index contributed by atoms with van der Waals surface area (Å²) in [5.41, 5.74) is 0.231. The fraction of sp³-hybridized carbons (Fsp3) is 0.154. The molecule has 0 saturated carbocycles. The highest BCUT2D eigenvalue weighted by Crippen LogP contribution is 2.32. The minimum Gasteiger partial charge on any atom is -0.464 e. The summed E-state index contributed by atoms with van der Waals surface area (Å²) >= 11 is 9.24. The molecule has 0 atom stereocenters. The van der Waals surface area contributed by atoms with E-state index in [9.17, 15) is 9.59 Å². The van der Waals surface area contributed by atoms with E-state index in [1.54, 1.807) is 18.2 Å². The van der Waals surface area contributed by atoms with Gasteiger partial charge in [-0.1, -0.05) is 11.6 Å². The Labute approximate surface area is 133 Å². The molecule has 0 amide bonds. The van der Waals surface area contributed by atoms with Crippen LogP contribution in [0.2, 0.25) is 5.02 Å². The summed E-state index contributed by atoms with van der Waals surface area (Å²) in [6.07, 6.45) is 0. The Hall–Kier alpha value is -1.86. The monoisotopic (exact) mass is 373 g/mol. The summed E-state index contributed by atoms with van der Waals surface area (Å²) in [5, 5.41) is 0.450. The predicted molar refractivity (Wildman–Crippen MR) is 77.3 cm³/mol. The van der Waals surface area contributed by atoms with Gasteiger partial charge in [-0.15, -0.1) is 0 Å². The highest BCUT2D eigenvalue weighted by Gasteiger charge is 2.28. The zero-order chi connectivity index (χ0) is 15.6. The molecule has 0 fully saturated rings. The Kier molecular flexibility index (Phi) is 4.64. The van der Waals surface area contributed by atoms with Gasteiger partial charge >= 0.3 is 11.9 Å². The highest BCUT2D eigenvalue weighted by atomic mass is 79.9. The van der Waals surface area contributed by atoms with E-state index in [1.165, 1.54) is 14.2 Å². The van der Waals surface area contributed by atoms with Crippen molar-refractivity contribution in [1.29, 1.82) is 0 Å². The van der Waals surface area contributed by atoms with Crippen LogP contribution in [0.5, 0.6) is 0 Å². The minimum absolute atomic E-state index is 0.0465. The van der Waals surface area contributed by atoms with Crippen LogP contribution in [0.1, 0.15) is 21.0 Å². The molecule has 0 aliphatic rings. The molecule has 0 radical (unpaired) electrons. The first-order valence-electron chi connectivity index (χ1n) is 5.60. The fourth-order valence-electron chi connectivity index (χ4n) is 1.56. The van der Waals surface area contributed by atoms with Gasteiger partial charge in [0.2, 0.25) is 17.3 Å². The van der Waals surface area contributed by atoms with E-state index in [0.717, 1.165) is 0 Å². The number of methoxy groups -OCH3 is 2. The summed E-state index contributed by atoms with van der Waals surface area (Å²) in [7, 11) is 2.34. The molecule has 0 bridgehead atoms. The molecule has 0 saturated heterocycles. The van der Waals surface area contributed by atoms with Crippen molar-refractivity contribution in [3.63, 3.8) is 0 Å². The molecule has 0 spiro atoms. The van der Waals surface area contributed by atoms with E-state index in [-0.39, 0.29) is 17.3 Å². The molecular weight excluding hydrogens is 366 g/mol. The maximum atomic E-state index is 11.7. The van der Waals surface area contributed by atoms with Crippen molar-refractivity contribution in [3.05, 3.63) is 39.1 Å². The molecule has 2 rings (SSSR count). The topological polar surface area (TPSA) is 78.6 Å². The Bertz CT molecular complexity index is 679. The number of ether oxygens (including phenoxy) is 2. The Balaban J connectivity index is 2.61. The molecule has 2 aromatic rings. The van der Waals surface area contributed by atoms with Gasteiger partial charge in [0.05, 0.1) is 19.8 Å². The van der Waals surface area contributed by atoms with E-state index >= 15 is 0 Å². The molecule has 1 aromatic carbocycles. The number of esters is 2. The lowest BCUT2D eigenvalue weighted by atomic mass is 10.2. The van der Waals surface area contributed by atoms with Crippen LogP contribution in [-0.4, -0.2) is 31.1 Å². The molecular formula is C13H9BrClNO5. The number of benzene rings is 1. The van der Waals surface area contributed by atoms with Crippen molar-refractivity contribution >= 4 is 39.5 Å². The van der Waals surface area contributed by atoms with Crippen LogP contribution in [-0.2, 0) is 9.47 Å². The molecule has 0 aliphatic carbocycles. The molecule has 0 aliphatic heterocycles. The lowest BCUT2D eigenvalue weighted by Crippen LogP contribution is -2.10. The second kappa shape index (κ2) is 6.28. The largest absolute Gasteiger partial charge is 0.464 e. The number of hydrogen-bond acceptors (Lipinski definition) is 6. The van der Waals surface area contributed by atoms with Crippen LogP contribution >= 0.6 is 27.5 Å². The van der Waals surface area contributed by atoms with Crippen LogP contribution < -0.4 is 0 Å². The Morgan fingerprint density at radius 3 is 2.52 bits per heavy atom. The van der Waals surface area contributed by atoms with Crippen LogP contribution in [0.15, 0.2) is 27.1 Å². The third-order valence-corrected chi connectivity index (χ3v) is 3.46. The number of halogens is 2. The van der Waals surface area contributed by atoms with Gasteiger partial charge in [-0.05, 0) is 34.1 Å². The van der Waals surface area contributed by atoms with Crippen LogP contribution in [0, 0.1) is 0 Å². The van der Waals surface area contributed by atoms with Gasteiger partial charge in [0.1, 0.15) is 0 Å². The van der Waals surface area contributed by atoms with Crippen molar-refractivity contribution in [2.75, 3.05) is 14.2 Å². The van der Waals surface area contributed by atoms with Crippen molar-refractivity contribution in [3.8, 4) is 11.5 Å². The zero-order valence-corrected chi connectivity index (χ0v) is 13.3. The molecule has 1 heterocycles. The van der Waals surface area contributed by atoms with Gasteiger partial charge in [0.25, 0.3) is 0 Å². The molecule has 0 unspecified atom stereocenters. The smallest absolute Gasteiger partial charge is 0.376 e. The van der Waals surface area contributed by atoms with Gasteiger partial charge in [-0.25, -0.2) is 14.6 Å². The van der Waals surface area contributed by atoms with Gasteiger partial charge in [-0.3, -0.25) is 0 Å². The van der Waals surface area contributed by atoms with Crippen molar-refractivity contribution in [1.82, 2.24) is 4.98 Å². The SMILES string of the molecule is COC(=O)c1nc(-c2cc(Cl)ccc2Br)oc1C(=O)OC. The number of aromatic nitrogens is 1. The second-order valence-electron chi connectivity index (χ2n) is 3.80. The van der Waals surface area contributed by atoms with Gasteiger partial charge in [-0.2, -0.15) is 0 Å². The number of rotatable bonds is 3. The standard InChI is InChI=1S/C13H9BrClNO5/c1-19-12(17)9-10(13(18)20-2)21-11(16-9)7-5-6(15)3-4-8(7)14/h3-5H,1-2H3. The average Bonchev–Trinajstić information content (AvgIpc) is 2.93. The third kappa shape index (κ3) is 3.08. The van der Waals surface area contributed by atoms with Crippen molar-refractivity contribution in [2.45, 2.75) is 0 Å². The normalized spacial score (nSPS) is 10.3. The lowest BCUT2D eigenvalue weighted by Gasteiger charge is -2.00. The van der Waals surface area contributed by atoms with E-state index in [2.05, 4.69) is 30.4 Å². The maximum absolute atomic E-state index is 11.7. The molecule has 110 valence electrons. The molecule has 21 heavy (non-hydrogen) atoms. The summed E-state index contributed by atoms with van der Waals surface area (Å²) in [6.45, 7) is 0. The quantitative estimate of drug-likeness (QED) is 0.767. The number of carbonyl (C=O) groups is 2.